The van der Waals surface area contributed by atoms with Crippen molar-refractivity contribution in [3.8, 4) is 0 Å². The van der Waals surface area contributed by atoms with Crippen molar-refractivity contribution < 1.29 is 4.79 Å². The Hall–Kier alpha value is -1.12. The molecule has 3 unspecified atom stereocenters. The molecule has 15 heavy (non-hydrogen) atoms. The van der Waals surface area contributed by atoms with Gasteiger partial charge in [-0.2, -0.15) is 5.10 Å². The summed E-state index contributed by atoms with van der Waals surface area (Å²) in [6.45, 7) is 1.01. The topological polar surface area (TPSA) is 34.9 Å². The highest BCUT2D eigenvalue weighted by atomic mass is 16.1. The van der Waals surface area contributed by atoms with Crippen LogP contribution in [0.25, 0.3) is 0 Å². The summed E-state index contributed by atoms with van der Waals surface area (Å²) >= 11 is 0. The molecule has 0 N–H and O–H groups in total. The van der Waals surface area contributed by atoms with E-state index in [0.29, 0.717) is 5.56 Å². The quantitative estimate of drug-likeness (QED) is 0.707. The summed E-state index contributed by atoms with van der Waals surface area (Å²) in [5.41, 5.74) is 0.693. The number of fused-ring (bicyclic) bond motifs is 2. The van der Waals surface area contributed by atoms with Crippen molar-refractivity contribution in [3.63, 3.8) is 0 Å². The standard InChI is InChI=1S/C12H16N2O/c15-8-10-5-13-14(6-10)7-12-4-9-1-2-11(12)3-9/h5-6,8-9,11-12H,1-4,7H2. The third-order valence-electron chi connectivity index (χ3n) is 4.10. The number of rotatable bonds is 3. The first-order chi connectivity index (χ1) is 7.35. The molecule has 2 aliphatic carbocycles. The second kappa shape index (κ2) is 3.47. The molecular formula is C12H16N2O. The maximum atomic E-state index is 10.5. The van der Waals surface area contributed by atoms with Gasteiger partial charge in [0.1, 0.15) is 0 Å². The molecule has 2 bridgehead atoms. The second-order valence-electron chi connectivity index (χ2n) is 5.05. The predicted octanol–water partition coefficient (Wildman–Crippen LogP) is 2.13. The summed E-state index contributed by atoms with van der Waals surface area (Å²) in [5, 5.41) is 4.22. The van der Waals surface area contributed by atoms with Crippen LogP contribution in [0.15, 0.2) is 12.4 Å². The summed E-state index contributed by atoms with van der Waals surface area (Å²) in [6.07, 6.45) is 10.0. The lowest BCUT2D eigenvalue weighted by Crippen LogP contribution is -2.17. The molecule has 1 aromatic heterocycles. The van der Waals surface area contributed by atoms with Gasteiger partial charge in [-0.3, -0.25) is 9.48 Å². The molecule has 3 heteroatoms. The fourth-order valence-corrected chi connectivity index (χ4v) is 3.38. The van der Waals surface area contributed by atoms with E-state index in [2.05, 4.69) is 5.10 Å². The van der Waals surface area contributed by atoms with Gasteiger partial charge < -0.3 is 0 Å². The smallest absolute Gasteiger partial charge is 0.153 e. The van der Waals surface area contributed by atoms with E-state index in [9.17, 15) is 4.79 Å². The Bertz CT molecular complexity index is 371. The van der Waals surface area contributed by atoms with E-state index in [1.54, 1.807) is 6.20 Å². The van der Waals surface area contributed by atoms with Crippen LogP contribution in [0.5, 0.6) is 0 Å². The molecule has 0 saturated heterocycles. The van der Waals surface area contributed by atoms with Crippen molar-refractivity contribution in [1.29, 1.82) is 0 Å². The number of carbonyl (C=O) groups excluding carboxylic acids is 1. The molecule has 3 atom stereocenters. The van der Waals surface area contributed by atoms with E-state index < -0.39 is 0 Å². The van der Waals surface area contributed by atoms with Crippen molar-refractivity contribution in [2.24, 2.45) is 17.8 Å². The number of hydrogen-bond acceptors (Lipinski definition) is 2. The zero-order chi connectivity index (χ0) is 10.3. The van der Waals surface area contributed by atoms with Gasteiger partial charge in [0.25, 0.3) is 0 Å². The lowest BCUT2D eigenvalue weighted by molar-refractivity contribution is 0.112. The minimum absolute atomic E-state index is 0.693. The van der Waals surface area contributed by atoms with E-state index >= 15 is 0 Å². The van der Waals surface area contributed by atoms with Crippen LogP contribution in [-0.4, -0.2) is 16.1 Å². The molecule has 0 aliphatic heterocycles. The van der Waals surface area contributed by atoms with Gasteiger partial charge >= 0.3 is 0 Å². The average molecular weight is 204 g/mol. The van der Waals surface area contributed by atoms with Gasteiger partial charge in [-0.05, 0) is 37.0 Å². The summed E-state index contributed by atoms with van der Waals surface area (Å²) in [7, 11) is 0. The molecule has 1 heterocycles. The first kappa shape index (κ1) is 9.13. The molecule has 3 nitrogen and oxygen atoms in total. The van der Waals surface area contributed by atoms with Crippen LogP contribution in [0.2, 0.25) is 0 Å². The van der Waals surface area contributed by atoms with E-state index in [0.717, 1.165) is 30.6 Å². The number of hydrogen-bond donors (Lipinski definition) is 0. The van der Waals surface area contributed by atoms with Crippen molar-refractivity contribution in [3.05, 3.63) is 18.0 Å². The Morgan fingerprint density at radius 2 is 2.40 bits per heavy atom. The van der Waals surface area contributed by atoms with Gasteiger partial charge in [0.15, 0.2) is 6.29 Å². The molecule has 0 spiro atoms. The van der Waals surface area contributed by atoms with Crippen molar-refractivity contribution in [2.75, 3.05) is 0 Å². The number of nitrogens with zero attached hydrogens (tertiary/aromatic N) is 2. The van der Waals surface area contributed by atoms with Gasteiger partial charge in [0, 0.05) is 12.7 Å². The van der Waals surface area contributed by atoms with Crippen LogP contribution in [0, 0.1) is 17.8 Å². The van der Waals surface area contributed by atoms with Crippen LogP contribution in [0.3, 0.4) is 0 Å². The number of aldehydes is 1. The van der Waals surface area contributed by atoms with Crippen LogP contribution >= 0.6 is 0 Å². The third-order valence-corrected chi connectivity index (χ3v) is 4.10. The molecule has 0 radical (unpaired) electrons. The zero-order valence-corrected chi connectivity index (χ0v) is 8.80. The molecule has 2 aliphatic rings. The Balaban J connectivity index is 1.68. The molecule has 80 valence electrons. The zero-order valence-electron chi connectivity index (χ0n) is 8.80. The van der Waals surface area contributed by atoms with Crippen LogP contribution in [0.4, 0.5) is 0 Å². The molecule has 2 fully saturated rings. The van der Waals surface area contributed by atoms with Gasteiger partial charge in [-0.15, -0.1) is 0 Å². The lowest BCUT2D eigenvalue weighted by atomic mass is 9.89. The maximum Gasteiger partial charge on any atom is 0.153 e. The highest BCUT2D eigenvalue weighted by molar-refractivity contribution is 5.73. The monoisotopic (exact) mass is 204 g/mol. The lowest BCUT2D eigenvalue weighted by Gasteiger charge is -2.21. The largest absolute Gasteiger partial charge is 0.298 e. The average Bonchev–Trinajstić information content (AvgIpc) is 2.92. The first-order valence-electron chi connectivity index (χ1n) is 5.83. The highest BCUT2D eigenvalue weighted by Crippen LogP contribution is 2.48. The fraction of sp³-hybridized carbons (Fsp3) is 0.667. The molecular weight excluding hydrogens is 188 g/mol. The molecule has 2 saturated carbocycles. The first-order valence-corrected chi connectivity index (χ1v) is 5.83. The Labute approximate surface area is 89.5 Å². The molecule has 0 aromatic carbocycles. The minimum Gasteiger partial charge on any atom is -0.298 e. The summed E-state index contributed by atoms with van der Waals surface area (Å²) in [4.78, 5) is 10.5. The van der Waals surface area contributed by atoms with Crippen LogP contribution in [-0.2, 0) is 6.54 Å². The fourth-order valence-electron chi connectivity index (χ4n) is 3.38. The number of carbonyl (C=O) groups is 1. The van der Waals surface area contributed by atoms with Gasteiger partial charge in [-0.25, -0.2) is 0 Å². The van der Waals surface area contributed by atoms with Crippen LogP contribution < -0.4 is 0 Å². The van der Waals surface area contributed by atoms with Gasteiger partial charge in [0.05, 0.1) is 11.8 Å². The predicted molar refractivity (Wildman–Crippen MR) is 56.6 cm³/mol. The minimum atomic E-state index is 0.693. The van der Waals surface area contributed by atoms with E-state index in [1.807, 2.05) is 10.9 Å². The van der Waals surface area contributed by atoms with Gasteiger partial charge in [-0.1, -0.05) is 6.42 Å². The van der Waals surface area contributed by atoms with Crippen molar-refractivity contribution in [1.82, 2.24) is 9.78 Å². The van der Waals surface area contributed by atoms with Crippen molar-refractivity contribution in [2.45, 2.75) is 32.2 Å². The summed E-state index contributed by atoms with van der Waals surface area (Å²) < 4.78 is 1.94. The van der Waals surface area contributed by atoms with Crippen LogP contribution in [0.1, 0.15) is 36.0 Å². The third kappa shape index (κ3) is 1.60. The van der Waals surface area contributed by atoms with Gasteiger partial charge in [0.2, 0.25) is 0 Å². The normalized spacial score (nSPS) is 33.5. The van der Waals surface area contributed by atoms with E-state index in [-0.39, 0.29) is 0 Å². The summed E-state index contributed by atoms with van der Waals surface area (Å²) in [5.74, 6) is 2.73. The molecule has 3 rings (SSSR count). The summed E-state index contributed by atoms with van der Waals surface area (Å²) in [6, 6.07) is 0. The highest BCUT2D eigenvalue weighted by Gasteiger charge is 2.39. The maximum absolute atomic E-state index is 10.5. The SMILES string of the molecule is O=Cc1cnn(CC2CC3CCC2C3)c1. The van der Waals surface area contributed by atoms with E-state index in [4.69, 9.17) is 0 Å². The second-order valence-corrected chi connectivity index (χ2v) is 5.05. The Morgan fingerprint density at radius 3 is 3.00 bits per heavy atom. The molecule has 0 amide bonds. The Kier molecular flexibility index (Phi) is 2.11. The van der Waals surface area contributed by atoms with E-state index in [1.165, 1.54) is 25.7 Å². The molecule has 1 aromatic rings. The number of aromatic nitrogens is 2. The van der Waals surface area contributed by atoms with Crippen molar-refractivity contribution >= 4 is 6.29 Å². The Morgan fingerprint density at radius 1 is 1.47 bits per heavy atom.